The summed E-state index contributed by atoms with van der Waals surface area (Å²) in [5, 5.41) is 2.11. The predicted octanol–water partition coefficient (Wildman–Crippen LogP) is 7.80. The zero-order valence-corrected chi connectivity index (χ0v) is 19.0. The van der Waals surface area contributed by atoms with Crippen molar-refractivity contribution in [3.05, 3.63) is 120 Å². The van der Waals surface area contributed by atoms with Crippen LogP contribution in [0.3, 0.4) is 0 Å². The number of fused-ring (bicyclic) bond motifs is 3. The molecule has 3 nitrogen and oxygen atoms in total. The molecule has 164 valence electrons. The van der Waals surface area contributed by atoms with E-state index in [0.29, 0.717) is 5.71 Å². The summed E-state index contributed by atoms with van der Waals surface area (Å²) in [5.74, 6) is 0. The van der Waals surface area contributed by atoms with Gasteiger partial charge < -0.3 is 4.42 Å². The number of hydrogen-bond donors (Lipinski definition) is 0. The summed E-state index contributed by atoms with van der Waals surface area (Å²) in [4.78, 5) is 9.61. The molecule has 0 amide bonds. The van der Waals surface area contributed by atoms with E-state index in [1.807, 2.05) is 18.3 Å². The first kappa shape index (κ1) is 20.4. The third-order valence-corrected chi connectivity index (χ3v) is 6.40. The van der Waals surface area contributed by atoms with Crippen molar-refractivity contribution in [2.45, 2.75) is 19.8 Å². The van der Waals surface area contributed by atoms with Crippen molar-refractivity contribution in [3.63, 3.8) is 0 Å². The van der Waals surface area contributed by atoms with Gasteiger partial charge in [0.15, 0.2) is 0 Å². The second kappa shape index (κ2) is 8.60. The lowest BCUT2D eigenvalue weighted by Gasteiger charge is -2.09. The molecule has 6 aromatic rings. The van der Waals surface area contributed by atoms with E-state index in [4.69, 9.17) is 14.4 Å². The van der Waals surface area contributed by atoms with Crippen LogP contribution < -0.4 is 0 Å². The van der Waals surface area contributed by atoms with Crippen LogP contribution in [-0.2, 0) is 12.8 Å². The van der Waals surface area contributed by atoms with Gasteiger partial charge in [-0.2, -0.15) is 0 Å². The number of benzene rings is 3. The Kier molecular flexibility index (Phi) is 5.15. The molecule has 0 saturated carbocycles. The molecule has 3 aromatic heterocycles. The van der Waals surface area contributed by atoms with Crippen molar-refractivity contribution < 1.29 is 4.42 Å². The van der Waals surface area contributed by atoms with Gasteiger partial charge in [0.05, 0.1) is 5.69 Å². The molecule has 0 aliphatic rings. The van der Waals surface area contributed by atoms with Gasteiger partial charge in [0, 0.05) is 28.2 Å². The molecule has 3 aromatic carbocycles. The van der Waals surface area contributed by atoms with Crippen molar-refractivity contribution in [1.29, 1.82) is 0 Å². The highest BCUT2D eigenvalue weighted by Gasteiger charge is 2.15. The van der Waals surface area contributed by atoms with Crippen LogP contribution in [0.2, 0.25) is 0 Å². The summed E-state index contributed by atoms with van der Waals surface area (Å²) in [6.45, 7) is 2.10. The van der Waals surface area contributed by atoms with Crippen molar-refractivity contribution in [3.8, 4) is 22.4 Å². The molecular formula is C31H24N2O. The average Bonchev–Trinajstić information content (AvgIpc) is 3.27. The SMILES string of the molecule is Cc1cnc(-c2cccc3c2oc2nc(CCc4ccccc4)ccc23)cc1-c1ccccc1. The zero-order valence-electron chi connectivity index (χ0n) is 19.0. The molecule has 0 atom stereocenters. The molecule has 0 radical (unpaired) electrons. The van der Waals surface area contributed by atoms with E-state index >= 15 is 0 Å². The lowest BCUT2D eigenvalue weighted by molar-refractivity contribution is 0.651. The van der Waals surface area contributed by atoms with E-state index in [9.17, 15) is 0 Å². The van der Waals surface area contributed by atoms with E-state index in [-0.39, 0.29) is 0 Å². The van der Waals surface area contributed by atoms with E-state index in [2.05, 4.69) is 91.9 Å². The fourth-order valence-electron chi connectivity index (χ4n) is 4.58. The second-order valence-corrected chi connectivity index (χ2v) is 8.68. The van der Waals surface area contributed by atoms with E-state index in [0.717, 1.165) is 51.7 Å². The van der Waals surface area contributed by atoms with Crippen molar-refractivity contribution in [2.24, 2.45) is 0 Å². The number of pyridine rings is 2. The third kappa shape index (κ3) is 3.75. The summed E-state index contributed by atoms with van der Waals surface area (Å²) in [6, 6.07) is 33.6. The summed E-state index contributed by atoms with van der Waals surface area (Å²) >= 11 is 0. The Morgan fingerprint density at radius 2 is 1.50 bits per heavy atom. The monoisotopic (exact) mass is 440 g/mol. The highest BCUT2D eigenvalue weighted by Crippen LogP contribution is 2.36. The molecule has 3 heteroatoms. The first-order valence-corrected chi connectivity index (χ1v) is 11.6. The quantitative estimate of drug-likeness (QED) is 0.274. The lowest BCUT2D eigenvalue weighted by atomic mass is 9.99. The summed E-state index contributed by atoms with van der Waals surface area (Å²) in [6.07, 6.45) is 3.78. The van der Waals surface area contributed by atoms with Crippen LogP contribution in [0.1, 0.15) is 16.8 Å². The summed E-state index contributed by atoms with van der Waals surface area (Å²) in [5.41, 5.74) is 9.27. The van der Waals surface area contributed by atoms with Crippen LogP contribution in [-0.4, -0.2) is 9.97 Å². The van der Waals surface area contributed by atoms with Gasteiger partial charge in [0.25, 0.3) is 0 Å². The van der Waals surface area contributed by atoms with E-state index in [1.165, 1.54) is 16.7 Å². The lowest BCUT2D eigenvalue weighted by Crippen LogP contribution is -1.93. The third-order valence-electron chi connectivity index (χ3n) is 6.40. The number of hydrogen-bond acceptors (Lipinski definition) is 3. The second-order valence-electron chi connectivity index (χ2n) is 8.68. The number of aryl methyl sites for hydroxylation is 3. The molecule has 0 bridgehead atoms. The number of rotatable bonds is 5. The maximum Gasteiger partial charge on any atom is 0.227 e. The highest BCUT2D eigenvalue weighted by atomic mass is 16.3. The Morgan fingerprint density at radius 1 is 0.706 bits per heavy atom. The van der Waals surface area contributed by atoms with Crippen LogP contribution in [0, 0.1) is 6.92 Å². The van der Waals surface area contributed by atoms with Gasteiger partial charge in [-0.3, -0.25) is 4.98 Å². The van der Waals surface area contributed by atoms with Gasteiger partial charge in [-0.1, -0.05) is 72.8 Å². The van der Waals surface area contributed by atoms with Crippen LogP contribution in [0.5, 0.6) is 0 Å². The van der Waals surface area contributed by atoms with Crippen molar-refractivity contribution in [1.82, 2.24) is 9.97 Å². The minimum atomic E-state index is 0.684. The van der Waals surface area contributed by atoms with Crippen LogP contribution >= 0.6 is 0 Å². The smallest absolute Gasteiger partial charge is 0.227 e. The van der Waals surface area contributed by atoms with Crippen LogP contribution in [0.15, 0.2) is 108 Å². The highest BCUT2D eigenvalue weighted by molar-refractivity contribution is 6.08. The number of furan rings is 1. The standard InChI is InChI=1S/C31H24N2O/c1-21-20-32-29(19-28(21)23-11-6-3-7-12-23)27-14-8-13-25-26-18-17-24(33-31(26)34-30(25)27)16-15-22-9-4-2-5-10-22/h2-14,17-20H,15-16H2,1H3. The van der Waals surface area contributed by atoms with Gasteiger partial charge in [-0.05, 0) is 66.3 Å². The zero-order chi connectivity index (χ0) is 22.9. The van der Waals surface area contributed by atoms with Gasteiger partial charge >= 0.3 is 0 Å². The van der Waals surface area contributed by atoms with Crippen LogP contribution in [0.4, 0.5) is 0 Å². The summed E-state index contributed by atoms with van der Waals surface area (Å²) in [7, 11) is 0. The van der Waals surface area contributed by atoms with Crippen LogP contribution in [0.25, 0.3) is 44.5 Å². The molecule has 0 fully saturated rings. The summed E-state index contributed by atoms with van der Waals surface area (Å²) < 4.78 is 6.36. The average molecular weight is 441 g/mol. The molecule has 0 unspecified atom stereocenters. The topological polar surface area (TPSA) is 38.9 Å². The molecule has 0 aliphatic carbocycles. The Bertz CT molecular complexity index is 1600. The van der Waals surface area contributed by atoms with Gasteiger partial charge in [-0.25, -0.2) is 4.98 Å². The molecule has 0 aliphatic heterocycles. The first-order chi connectivity index (χ1) is 16.8. The normalized spacial score (nSPS) is 11.3. The van der Waals surface area contributed by atoms with E-state index < -0.39 is 0 Å². The molecule has 0 saturated heterocycles. The number of aromatic nitrogens is 2. The number of para-hydroxylation sites is 1. The van der Waals surface area contributed by atoms with Gasteiger partial charge in [0.1, 0.15) is 5.58 Å². The molecule has 34 heavy (non-hydrogen) atoms. The molecular weight excluding hydrogens is 416 g/mol. The molecule has 3 heterocycles. The molecule has 6 rings (SSSR count). The fourth-order valence-corrected chi connectivity index (χ4v) is 4.58. The van der Waals surface area contributed by atoms with Crippen molar-refractivity contribution >= 4 is 22.1 Å². The van der Waals surface area contributed by atoms with Gasteiger partial charge in [0.2, 0.25) is 5.71 Å². The van der Waals surface area contributed by atoms with E-state index in [1.54, 1.807) is 0 Å². The first-order valence-electron chi connectivity index (χ1n) is 11.6. The van der Waals surface area contributed by atoms with Crippen molar-refractivity contribution in [2.75, 3.05) is 0 Å². The Morgan fingerprint density at radius 3 is 2.32 bits per heavy atom. The van der Waals surface area contributed by atoms with Gasteiger partial charge in [-0.15, -0.1) is 0 Å². The minimum Gasteiger partial charge on any atom is -0.437 e. The Hall–Kier alpha value is -4.24. The maximum absolute atomic E-state index is 6.36. The minimum absolute atomic E-state index is 0.684. The number of nitrogens with zero attached hydrogens (tertiary/aromatic N) is 2. The predicted molar refractivity (Wildman–Crippen MR) is 139 cm³/mol. The molecule has 0 N–H and O–H groups in total. The fraction of sp³-hybridized carbons (Fsp3) is 0.0968. The maximum atomic E-state index is 6.36. The molecule has 0 spiro atoms. The Labute approximate surface area is 198 Å². The largest absolute Gasteiger partial charge is 0.437 e. The Balaban J connectivity index is 1.40.